The molecule has 1 aromatic carbocycles. The van der Waals surface area contributed by atoms with Crippen LogP contribution in [0, 0.1) is 10.6 Å². The first-order valence-corrected chi connectivity index (χ1v) is 20.9. The predicted molar refractivity (Wildman–Crippen MR) is 168 cm³/mol. The van der Waals surface area contributed by atoms with Crippen LogP contribution in [0.5, 0.6) is 0 Å². The predicted octanol–water partition coefficient (Wildman–Crippen LogP) is 10.4. The Kier molecular flexibility index (Phi) is 7.13. The zero-order valence-electron chi connectivity index (χ0n) is 27.3. The molecule has 5 nitrogen and oxygen atoms in total. The summed E-state index contributed by atoms with van der Waals surface area (Å²) in [6.45, 7) is 15.7. The first kappa shape index (κ1) is 33.2. The van der Waals surface area contributed by atoms with Gasteiger partial charge in [-0.3, -0.25) is 0 Å². The summed E-state index contributed by atoms with van der Waals surface area (Å²) in [6, 6.07) is 3.03. The number of hydrogen-bond acceptors (Lipinski definition) is 4. The highest BCUT2D eigenvalue weighted by atomic mass is 32.5. The standard InChI is InChI=1S/C33H46F5NO4SSi/c1-21(2)29-27-28(26-24(39(29)40)19-32(13-8-14-32)20-25(26)43-45(6,7)31(3,4)5)33(15-17-41-18-16-33)42-30(27)22-9-11-23(12-10-22)44(34,35,36,37)38/h9-12,21,25,30H,8,13-20H2,1-7H3/t25?,30-/m1/s1. The number of pyridine rings is 1. The highest BCUT2D eigenvalue weighted by Gasteiger charge is 2.65. The molecule has 2 aromatic rings. The molecule has 4 aliphatic rings. The molecule has 0 radical (unpaired) electrons. The van der Waals surface area contributed by atoms with Crippen LogP contribution in [0.4, 0.5) is 19.4 Å². The fourth-order valence-electron chi connectivity index (χ4n) is 7.76. The first-order valence-electron chi connectivity index (χ1n) is 16.1. The molecule has 45 heavy (non-hydrogen) atoms. The fourth-order valence-corrected chi connectivity index (χ4v) is 9.67. The molecular formula is C33H46F5NO4SSi. The van der Waals surface area contributed by atoms with Gasteiger partial charge in [-0.2, -0.15) is 4.73 Å². The number of aromatic nitrogens is 1. The number of halogens is 5. The number of rotatable bonds is 5. The molecule has 0 bridgehead atoms. The molecule has 3 heterocycles. The van der Waals surface area contributed by atoms with Crippen molar-refractivity contribution in [3.8, 4) is 0 Å². The lowest BCUT2D eigenvalue weighted by Crippen LogP contribution is -2.51. The van der Waals surface area contributed by atoms with Crippen molar-refractivity contribution in [1.29, 1.82) is 0 Å². The summed E-state index contributed by atoms with van der Waals surface area (Å²) < 4.78 is 89.3. The number of fused-ring (bicyclic) bond motifs is 4. The smallest absolute Gasteiger partial charge is 0.310 e. The minimum atomic E-state index is -9.87. The second-order valence-electron chi connectivity index (χ2n) is 15.7. The molecule has 0 amide bonds. The average molecular weight is 676 g/mol. The lowest BCUT2D eigenvalue weighted by molar-refractivity contribution is -0.626. The Labute approximate surface area is 264 Å². The van der Waals surface area contributed by atoms with Gasteiger partial charge in [-0.05, 0) is 60.5 Å². The summed E-state index contributed by atoms with van der Waals surface area (Å²) in [4.78, 5) is -1.94. The Morgan fingerprint density at radius 1 is 0.978 bits per heavy atom. The van der Waals surface area contributed by atoms with Gasteiger partial charge in [0.1, 0.15) is 11.0 Å². The van der Waals surface area contributed by atoms with Gasteiger partial charge in [0, 0.05) is 44.0 Å². The SMILES string of the molecule is CC(C)c1c2c(c3c([n+]1[O-])CC1(CCC1)CC3O[Si](C)(C)C(C)(C)C)C1(CCOCC1)O[C@@H]2c1ccc(S(F)(F)(F)(F)F)cc1. The minimum absolute atomic E-state index is 0.00223. The van der Waals surface area contributed by atoms with E-state index in [2.05, 4.69) is 33.9 Å². The van der Waals surface area contributed by atoms with E-state index in [1.807, 2.05) is 13.8 Å². The number of ether oxygens (including phenoxy) is 2. The summed E-state index contributed by atoms with van der Waals surface area (Å²) in [5.74, 6) is -0.231. The highest BCUT2D eigenvalue weighted by Crippen LogP contribution is 3.02. The lowest BCUT2D eigenvalue weighted by atomic mass is 9.58. The van der Waals surface area contributed by atoms with E-state index in [0.717, 1.165) is 59.4 Å². The van der Waals surface area contributed by atoms with E-state index < -0.39 is 35.1 Å². The van der Waals surface area contributed by atoms with Gasteiger partial charge in [0.15, 0.2) is 14.0 Å². The van der Waals surface area contributed by atoms with E-state index in [9.17, 15) is 24.6 Å². The van der Waals surface area contributed by atoms with Gasteiger partial charge in [0.25, 0.3) is 0 Å². The normalized spacial score (nSPS) is 25.9. The minimum Gasteiger partial charge on any atom is -0.618 e. The Morgan fingerprint density at radius 3 is 2.07 bits per heavy atom. The van der Waals surface area contributed by atoms with Crippen LogP contribution in [0.15, 0.2) is 29.2 Å². The van der Waals surface area contributed by atoms with Gasteiger partial charge in [-0.1, -0.05) is 72.6 Å². The van der Waals surface area contributed by atoms with Crippen LogP contribution in [0.2, 0.25) is 18.1 Å². The largest absolute Gasteiger partial charge is 0.618 e. The number of benzene rings is 1. The molecule has 1 saturated carbocycles. The van der Waals surface area contributed by atoms with Crippen molar-refractivity contribution in [2.24, 2.45) is 5.41 Å². The quantitative estimate of drug-likeness (QED) is 0.137. The highest BCUT2D eigenvalue weighted by molar-refractivity contribution is 8.45. The third-order valence-electron chi connectivity index (χ3n) is 11.3. The van der Waals surface area contributed by atoms with Crippen LogP contribution in [0.25, 0.3) is 0 Å². The van der Waals surface area contributed by atoms with Crippen molar-refractivity contribution in [3.63, 3.8) is 0 Å². The molecule has 1 unspecified atom stereocenters. The summed E-state index contributed by atoms with van der Waals surface area (Å²) in [5.41, 5.74) is 3.14. The van der Waals surface area contributed by atoms with E-state index in [-0.39, 0.29) is 22.5 Å². The maximum absolute atomic E-state index is 14.6. The van der Waals surface area contributed by atoms with Crippen molar-refractivity contribution in [2.75, 3.05) is 13.2 Å². The summed E-state index contributed by atoms with van der Waals surface area (Å²) >= 11 is 0. The number of nitrogens with zero attached hydrogens (tertiary/aromatic N) is 1. The summed E-state index contributed by atoms with van der Waals surface area (Å²) in [6.07, 6.45) is 4.41. The van der Waals surface area contributed by atoms with Gasteiger partial charge in [0.05, 0.1) is 22.8 Å². The summed E-state index contributed by atoms with van der Waals surface area (Å²) in [5, 5.41) is 14.5. The molecule has 1 aromatic heterocycles. The fraction of sp³-hybridized carbons (Fsp3) is 0.667. The lowest BCUT2D eigenvalue weighted by Gasteiger charge is -2.50. The van der Waals surface area contributed by atoms with E-state index >= 15 is 0 Å². The zero-order chi connectivity index (χ0) is 33.1. The van der Waals surface area contributed by atoms with Crippen molar-refractivity contribution in [2.45, 2.75) is 126 Å². The van der Waals surface area contributed by atoms with Crippen molar-refractivity contribution in [1.82, 2.24) is 0 Å². The van der Waals surface area contributed by atoms with Gasteiger partial charge < -0.3 is 19.1 Å². The molecule has 2 aliphatic carbocycles. The second kappa shape index (κ2) is 9.67. The van der Waals surface area contributed by atoms with E-state index in [1.165, 1.54) is 0 Å². The van der Waals surface area contributed by atoms with Crippen LogP contribution in [0.1, 0.15) is 125 Å². The van der Waals surface area contributed by atoms with Crippen LogP contribution >= 0.6 is 10.2 Å². The molecule has 252 valence electrons. The monoisotopic (exact) mass is 675 g/mol. The van der Waals surface area contributed by atoms with E-state index in [1.54, 1.807) is 0 Å². The first-order chi connectivity index (χ1) is 20.5. The van der Waals surface area contributed by atoms with E-state index in [0.29, 0.717) is 61.4 Å². The summed E-state index contributed by atoms with van der Waals surface area (Å²) in [7, 11) is -12.2. The Hall–Kier alpha value is -1.73. The number of hydrogen-bond donors (Lipinski definition) is 0. The van der Waals surface area contributed by atoms with Crippen LogP contribution in [0.3, 0.4) is 0 Å². The van der Waals surface area contributed by atoms with Crippen molar-refractivity contribution in [3.05, 3.63) is 63.1 Å². The molecule has 1 saturated heterocycles. The van der Waals surface area contributed by atoms with Gasteiger partial charge in [-0.15, -0.1) is 0 Å². The second-order valence-corrected chi connectivity index (χ2v) is 22.9. The molecule has 0 N–H and O–H groups in total. The third-order valence-corrected chi connectivity index (χ3v) is 16.9. The van der Waals surface area contributed by atoms with Crippen LogP contribution in [-0.2, 0) is 25.9 Å². The molecule has 2 atom stereocenters. The molecule has 12 heteroatoms. The van der Waals surface area contributed by atoms with Gasteiger partial charge >= 0.3 is 10.2 Å². The Bertz CT molecular complexity index is 1510. The Morgan fingerprint density at radius 2 is 1.58 bits per heavy atom. The molecule has 2 spiro atoms. The van der Waals surface area contributed by atoms with Gasteiger partial charge in [0.2, 0.25) is 5.69 Å². The molecule has 2 aliphatic heterocycles. The molecule has 6 rings (SSSR count). The topological polar surface area (TPSA) is 54.6 Å². The molecular weight excluding hydrogens is 630 g/mol. The van der Waals surface area contributed by atoms with Gasteiger partial charge in [-0.25, -0.2) is 0 Å². The average Bonchev–Trinajstić information content (AvgIpc) is 3.19. The zero-order valence-corrected chi connectivity index (χ0v) is 29.1. The van der Waals surface area contributed by atoms with Crippen molar-refractivity contribution >= 4 is 18.5 Å². The maximum atomic E-state index is 14.6. The third kappa shape index (κ3) is 5.54. The van der Waals surface area contributed by atoms with Crippen molar-refractivity contribution < 1.29 is 38.1 Å². The van der Waals surface area contributed by atoms with Crippen LogP contribution < -0.4 is 4.73 Å². The molecule has 2 fully saturated rings. The van der Waals surface area contributed by atoms with E-state index in [4.69, 9.17) is 13.9 Å². The van der Waals surface area contributed by atoms with Crippen LogP contribution in [-0.4, -0.2) is 21.5 Å². The Balaban J connectivity index is 1.61. The maximum Gasteiger partial charge on any atom is 0.310 e.